The maximum absolute atomic E-state index is 12.8. The minimum Gasteiger partial charge on any atom is -0.397 e. The molecule has 3 aromatic rings. The van der Waals surface area contributed by atoms with Crippen molar-refractivity contribution in [3.63, 3.8) is 0 Å². The highest BCUT2D eigenvalue weighted by atomic mass is 35.5. The minimum atomic E-state index is -4.84. The largest absolute Gasteiger partial charge is 0.490 e. The third-order valence-corrected chi connectivity index (χ3v) is 9.13. The SMILES string of the molecule is CCCCC(CC)CN(CC(CC)CCCC)c1ccc(N)c(NS(=O)C(F)(F)F)c1.Nc1nc2ccc(Cl)cc2s1. The molecule has 0 saturated carbocycles. The molecule has 5 N–H and O–H groups in total. The molecule has 0 spiro atoms. The number of hydrogen-bond acceptors (Lipinski definition) is 6. The third kappa shape index (κ3) is 11.8. The van der Waals surface area contributed by atoms with Crippen LogP contribution in [0.1, 0.15) is 79.1 Å². The highest BCUT2D eigenvalue weighted by molar-refractivity contribution is 7.87. The molecular weight excluding hydrogens is 603 g/mol. The summed E-state index contributed by atoms with van der Waals surface area (Å²) in [6, 6.07) is 10.6. The number of halogens is 4. The molecule has 0 aliphatic rings. The quantitative estimate of drug-likeness (QED) is 0.143. The minimum absolute atomic E-state index is 0.0568. The van der Waals surface area contributed by atoms with Gasteiger partial charge in [0.05, 0.1) is 21.6 Å². The van der Waals surface area contributed by atoms with Gasteiger partial charge in [0.15, 0.2) is 5.13 Å². The second kappa shape index (κ2) is 17.8. The van der Waals surface area contributed by atoms with Crippen LogP contribution < -0.4 is 21.1 Å². The summed E-state index contributed by atoms with van der Waals surface area (Å²) in [5.41, 5.74) is 8.49. The molecule has 0 saturated heterocycles. The summed E-state index contributed by atoms with van der Waals surface area (Å²) in [7, 11) is -3.20. The van der Waals surface area contributed by atoms with Crippen LogP contribution in [0.25, 0.3) is 10.2 Å². The van der Waals surface area contributed by atoms with Gasteiger partial charge < -0.3 is 16.4 Å². The van der Waals surface area contributed by atoms with Crippen LogP contribution in [0.4, 0.5) is 35.4 Å². The predicted molar refractivity (Wildman–Crippen MR) is 177 cm³/mol. The topological polar surface area (TPSA) is 97.3 Å². The van der Waals surface area contributed by atoms with Crippen molar-refractivity contribution in [3.8, 4) is 0 Å². The first kappa shape index (κ1) is 36.0. The van der Waals surface area contributed by atoms with Crippen molar-refractivity contribution in [1.29, 1.82) is 0 Å². The van der Waals surface area contributed by atoms with Crippen LogP contribution in [0.15, 0.2) is 36.4 Å². The monoisotopic (exact) mass is 647 g/mol. The third-order valence-electron chi connectivity index (χ3n) is 7.23. The number of nitrogen functional groups attached to an aromatic ring is 2. The van der Waals surface area contributed by atoms with Crippen molar-refractivity contribution in [2.75, 3.05) is 34.2 Å². The Morgan fingerprint density at radius 2 is 1.57 bits per heavy atom. The number of anilines is 4. The Morgan fingerprint density at radius 3 is 2.10 bits per heavy atom. The maximum atomic E-state index is 12.8. The van der Waals surface area contributed by atoms with Crippen LogP contribution in [0, 0.1) is 11.8 Å². The summed E-state index contributed by atoms with van der Waals surface area (Å²) in [6.45, 7) is 10.4. The number of nitrogens with two attached hydrogens (primary N) is 2. The first-order valence-corrected chi connectivity index (χ1v) is 17.0. The van der Waals surface area contributed by atoms with Crippen molar-refractivity contribution in [1.82, 2.24) is 4.98 Å². The number of rotatable bonds is 15. The zero-order valence-corrected chi connectivity index (χ0v) is 27.4. The molecule has 42 heavy (non-hydrogen) atoms. The van der Waals surface area contributed by atoms with E-state index in [9.17, 15) is 17.4 Å². The van der Waals surface area contributed by atoms with Gasteiger partial charge in [-0.05, 0) is 61.1 Å². The molecule has 0 bridgehead atoms. The molecule has 0 radical (unpaired) electrons. The molecule has 6 nitrogen and oxygen atoms in total. The van der Waals surface area contributed by atoms with Gasteiger partial charge in [-0.2, -0.15) is 13.2 Å². The average Bonchev–Trinajstić information content (AvgIpc) is 3.32. The smallest absolute Gasteiger partial charge is 0.397 e. The normalized spacial score (nSPS) is 13.7. The lowest BCUT2D eigenvalue weighted by Crippen LogP contribution is -2.34. The maximum Gasteiger partial charge on any atom is 0.490 e. The van der Waals surface area contributed by atoms with Crippen LogP contribution in [0.5, 0.6) is 0 Å². The molecule has 236 valence electrons. The van der Waals surface area contributed by atoms with E-state index in [1.54, 1.807) is 12.1 Å². The van der Waals surface area contributed by atoms with Gasteiger partial charge in [0.1, 0.15) is 0 Å². The fraction of sp³-hybridized carbons (Fsp3) is 0.567. The van der Waals surface area contributed by atoms with E-state index in [0.29, 0.717) is 17.0 Å². The predicted octanol–water partition coefficient (Wildman–Crippen LogP) is 9.64. The van der Waals surface area contributed by atoms with Gasteiger partial charge in [0, 0.05) is 23.8 Å². The number of thiazole rings is 1. The van der Waals surface area contributed by atoms with Gasteiger partial charge in [-0.25, -0.2) is 9.19 Å². The van der Waals surface area contributed by atoms with Crippen molar-refractivity contribution in [2.45, 2.75) is 84.6 Å². The Balaban J connectivity index is 0.000000459. The van der Waals surface area contributed by atoms with E-state index < -0.39 is 16.5 Å². The molecular formula is C30H45ClF3N5OS2. The molecule has 12 heteroatoms. The Bertz CT molecular complexity index is 1240. The van der Waals surface area contributed by atoms with Crippen LogP contribution in [-0.4, -0.2) is 27.8 Å². The Kier molecular flexibility index (Phi) is 15.2. The number of nitrogens with one attached hydrogen (secondary N) is 1. The highest BCUT2D eigenvalue weighted by Gasteiger charge is 2.37. The van der Waals surface area contributed by atoms with Gasteiger partial charge in [-0.15, -0.1) is 0 Å². The lowest BCUT2D eigenvalue weighted by molar-refractivity contribution is -0.0379. The standard InChI is InChI=1S/C23H40F3N3OS.C7H5ClN2S/c1-5-9-11-18(7-3)16-29(17-19(8-4)12-10-6-2)20-13-14-21(27)22(15-20)28-31(30)23(24,25)26;8-4-1-2-5-6(3-4)11-7(9)10-5/h13-15,18-19,28H,5-12,16-17,27H2,1-4H3;1-3H,(H2,9,10). The van der Waals surface area contributed by atoms with Gasteiger partial charge >= 0.3 is 5.51 Å². The molecule has 0 fully saturated rings. The molecule has 3 atom stereocenters. The van der Waals surface area contributed by atoms with Crippen molar-refractivity contribution in [2.24, 2.45) is 11.8 Å². The van der Waals surface area contributed by atoms with E-state index >= 15 is 0 Å². The summed E-state index contributed by atoms with van der Waals surface area (Å²) >= 11 is 7.21. The van der Waals surface area contributed by atoms with Crippen molar-refractivity contribution < 1.29 is 17.4 Å². The molecule has 1 aromatic heterocycles. The second-order valence-corrected chi connectivity index (χ2v) is 13.2. The Morgan fingerprint density at radius 1 is 0.976 bits per heavy atom. The van der Waals surface area contributed by atoms with Crippen LogP contribution in [0.3, 0.4) is 0 Å². The van der Waals surface area contributed by atoms with Crippen molar-refractivity contribution in [3.05, 3.63) is 41.4 Å². The van der Waals surface area contributed by atoms with E-state index in [2.05, 4.69) is 37.6 Å². The molecule has 0 aliphatic carbocycles. The molecule has 2 aromatic carbocycles. The fourth-order valence-electron chi connectivity index (χ4n) is 4.65. The van der Waals surface area contributed by atoms with Crippen LogP contribution in [-0.2, 0) is 11.0 Å². The Labute approximate surface area is 260 Å². The van der Waals surface area contributed by atoms with Crippen LogP contribution >= 0.6 is 22.9 Å². The zero-order valence-electron chi connectivity index (χ0n) is 25.0. The number of hydrogen-bond donors (Lipinski definition) is 3. The van der Waals surface area contributed by atoms with Gasteiger partial charge in [0.2, 0.25) is 11.0 Å². The Hall–Kier alpha value is -2.24. The number of nitrogens with zero attached hydrogens (tertiary/aromatic N) is 2. The number of aromatic nitrogens is 1. The molecule has 3 rings (SSSR count). The van der Waals surface area contributed by atoms with Gasteiger partial charge in [0.25, 0.3) is 0 Å². The summed E-state index contributed by atoms with van der Waals surface area (Å²) < 4.78 is 53.0. The van der Waals surface area contributed by atoms with Crippen LogP contribution in [0.2, 0.25) is 5.02 Å². The van der Waals surface area contributed by atoms with Crippen molar-refractivity contribution >= 4 is 66.3 Å². The van der Waals surface area contributed by atoms with Gasteiger partial charge in [-0.3, -0.25) is 4.72 Å². The number of benzene rings is 2. The summed E-state index contributed by atoms with van der Waals surface area (Å²) in [5.74, 6) is 1.03. The van der Waals surface area contributed by atoms with Gasteiger partial charge in [-0.1, -0.05) is 89.2 Å². The van der Waals surface area contributed by atoms with E-state index in [4.69, 9.17) is 23.1 Å². The molecule has 3 unspecified atom stereocenters. The number of unbranched alkanes of at least 4 members (excludes halogenated alkanes) is 2. The number of fused-ring (bicyclic) bond motifs is 1. The summed E-state index contributed by atoms with van der Waals surface area (Å²) in [6.07, 6.45) is 8.99. The number of alkyl halides is 3. The van der Waals surface area contributed by atoms with E-state index in [1.807, 2.05) is 29.0 Å². The highest BCUT2D eigenvalue weighted by Crippen LogP contribution is 2.31. The fourth-order valence-corrected chi connectivity index (χ4v) is 6.15. The summed E-state index contributed by atoms with van der Waals surface area (Å²) in [4.78, 5) is 6.38. The molecule has 0 amide bonds. The summed E-state index contributed by atoms with van der Waals surface area (Å²) in [5, 5.41) is 1.31. The molecule has 0 aliphatic heterocycles. The zero-order chi connectivity index (χ0) is 31.3. The lowest BCUT2D eigenvalue weighted by Gasteiger charge is -2.33. The first-order valence-electron chi connectivity index (χ1n) is 14.6. The molecule has 1 heterocycles. The first-order chi connectivity index (χ1) is 19.9. The second-order valence-electron chi connectivity index (χ2n) is 10.5. The van der Waals surface area contributed by atoms with E-state index in [1.165, 1.54) is 24.2 Å². The lowest BCUT2D eigenvalue weighted by atomic mass is 9.95. The average molecular weight is 648 g/mol. The van der Waals surface area contributed by atoms with E-state index in [-0.39, 0.29) is 11.4 Å². The van der Waals surface area contributed by atoms with E-state index in [0.717, 1.165) is 72.5 Å².